The van der Waals surface area contributed by atoms with Crippen LogP contribution in [-0.4, -0.2) is 32.8 Å². The molecule has 1 rings (SSSR count). The molecule has 0 radical (unpaired) electrons. The van der Waals surface area contributed by atoms with Crippen LogP contribution < -0.4 is 15.4 Å². The number of ether oxygens (including phenoxy) is 1. The van der Waals surface area contributed by atoms with Crippen molar-refractivity contribution in [2.75, 3.05) is 26.7 Å². The molecule has 0 bridgehead atoms. The second-order valence-corrected chi connectivity index (χ2v) is 5.51. The van der Waals surface area contributed by atoms with Gasteiger partial charge in [-0.15, -0.1) is 0 Å². The Labute approximate surface area is 117 Å². The van der Waals surface area contributed by atoms with E-state index in [9.17, 15) is 0 Å². The normalized spacial score (nSPS) is 12.7. The molecule has 19 heavy (non-hydrogen) atoms. The largest absolute Gasteiger partial charge is 0.497 e. The zero-order valence-electron chi connectivity index (χ0n) is 12.7. The molecule has 2 N–H and O–H groups in total. The van der Waals surface area contributed by atoms with Crippen LogP contribution in [0.3, 0.4) is 0 Å². The van der Waals surface area contributed by atoms with Crippen molar-refractivity contribution in [3.63, 3.8) is 0 Å². The summed E-state index contributed by atoms with van der Waals surface area (Å²) in [5.41, 5.74) is 1.31. The molecule has 108 valence electrons. The molecule has 0 spiro atoms. The van der Waals surface area contributed by atoms with Crippen LogP contribution in [0, 0.1) is 5.92 Å². The van der Waals surface area contributed by atoms with Gasteiger partial charge in [0.1, 0.15) is 5.75 Å². The Morgan fingerprint density at radius 2 is 1.95 bits per heavy atom. The van der Waals surface area contributed by atoms with Crippen molar-refractivity contribution in [3.05, 3.63) is 29.8 Å². The van der Waals surface area contributed by atoms with Crippen molar-refractivity contribution in [3.8, 4) is 5.75 Å². The van der Waals surface area contributed by atoms with E-state index >= 15 is 0 Å². The lowest BCUT2D eigenvalue weighted by Crippen LogP contribution is -2.38. The summed E-state index contributed by atoms with van der Waals surface area (Å²) in [4.78, 5) is 0. The molecule has 3 heteroatoms. The fraction of sp³-hybridized carbons (Fsp3) is 0.625. The second kappa shape index (κ2) is 8.94. The summed E-state index contributed by atoms with van der Waals surface area (Å²) in [6.45, 7) is 9.79. The fourth-order valence-corrected chi connectivity index (χ4v) is 1.95. The van der Waals surface area contributed by atoms with Gasteiger partial charge in [-0.2, -0.15) is 0 Å². The molecule has 0 saturated carbocycles. The molecule has 0 aliphatic carbocycles. The molecule has 1 aromatic rings. The van der Waals surface area contributed by atoms with E-state index in [4.69, 9.17) is 4.74 Å². The Hall–Kier alpha value is -1.06. The van der Waals surface area contributed by atoms with Crippen LogP contribution in [-0.2, 0) is 6.42 Å². The van der Waals surface area contributed by atoms with E-state index in [0.29, 0.717) is 12.0 Å². The minimum Gasteiger partial charge on any atom is -0.497 e. The maximum absolute atomic E-state index is 5.23. The summed E-state index contributed by atoms with van der Waals surface area (Å²) in [5, 5.41) is 7.01. The molecule has 0 heterocycles. The van der Waals surface area contributed by atoms with E-state index in [0.717, 1.165) is 31.8 Å². The summed E-state index contributed by atoms with van der Waals surface area (Å²) in [6.07, 6.45) is 1.03. The zero-order valence-corrected chi connectivity index (χ0v) is 12.7. The highest BCUT2D eigenvalue weighted by molar-refractivity contribution is 5.28. The van der Waals surface area contributed by atoms with Gasteiger partial charge in [0.25, 0.3) is 0 Å². The number of methoxy groups -OCH3 is 1. The molecule has 3 nitrogen and oxygen atoms in total. The van der Waals surface area contributed by atoms with E-state index in [1.807, 2.05) is 12.1 Å². The summed E-state index contributed by atoms with van der Waals surface area (Å²) < 4.78 is 5.23. The monoisotopic (exact) mass is 264 g/mol. The van der Waals surface area contributed by atoms with Crippen molar-refractivity contribution in [1.82, 2.24) is 10.6 Å². The Kier molecular flexibility index (Phi) is 7.53. The van der Waals surface area contributed by atoms with E-state index < -0.39 is 0 Å². The van der Waals surface area contributed by atoms with Gasteiger partial charge in [0, 0.05) is 12.6 Å². The van der Waals surface area contributed by atoms with Crippen LogP contribution in [0.15, 0.2) is 24.3 Å². The Bertz CT molecular complexity index is 352. The van der Waals surface area contributed by atoms with Crippen LogP contribution >= 0.6 is 0 Å². The van der Waals surface area contributed by atoms with Gasteiger partial charge in [0.05, 0.1) is 7.11 Å². The molecule has 1 unspecified atom stereocenters. The maximum Gasteiger partial charge on any atom is 0.119 e. The van der Waals surface area contributed by atoms with Crippen molar-refractivity contribution >= 4 is 0 Å². The summed E-state index contributed by atoms with van der Waals surface area (Å²) in [6, 6.07) is 8.77. The van der Waals surface area contributed by atoms with Crippen LogP contribution in [0.4, 0.5) is 0 Å². The average molecular weight is 264 g/mol. The van der Waals surface area contributed by atoms with Gasteiger partial charge >= 0.3 is 0 Å². The molecule has 0 saturated heterocycles. The number of rotatable bonds is 9. The van der Waals surface area contributed by atoms with E-state index in [1.165, 1.54) is 5.56 Å². The summed E-state index contributed by atoms with van der Waals surface area (Å²) in [5.74, 6) is 1.65. The highest BCUT2D eigenvalue weighted by atomic mass is 16.5. The first-order valence-corrected chi connectivity index (χ1v) is 7.19. The second-order valence-electron chi connectivity index (χ2n) is 5.51. The van der Waals surface area contributed by atoms with Crippen LogP contribution in [0.2, 0.25) is 0 Å². The van der Waals surface area contributed by atoms with Gasteiger partial charge in [-0.1, -0.05) is 26.0 Å². The fourth-order valence-electron chi connectivity index (χ4n) is 1.95. The standard InChI is InChI=1S/C16H28N2O/c1-13(2)11-17-12-14(3)18-9-8-15-6-5-7-16(10-15)19-4/h5-7,10,13-14,17-18H,8-9,11-12H2,1-4H3. The SMILES string of the molecule is COc1cccc(CCNC(C)CNCC(C)C)c1. The minimum absolute atomic E-state index is 0.504. The van der Waals surface area contributed by atoms with E-state index in [-0.39, 0.29) is 0 Å². The van der Waals surface area contributed by atoms with E-state index in [1.54, 1.807) is 7.11 Å². The van der Waals surface area contributed by atoms with Crippen LogP contribution in [0.1, 0.15) is 26.3 Å². The molecule has 0 aliphatic rings. The van der Waals surface area contributed by atoms with Crippen molar-refractivity contribution < 1.29 is 4.74 Å². The van der Waals surface area contributed by atoms with Gasteiger partial charge in [-0.3, -0.25) is 0 Å². The third kappa shape index (κ3) is 7.19. The highest BCUT2D eigenvalue weighted by Crippen LogP contribution is 2.12. The number of benzene rings is 1. The molecule has 1 aromatic carbocycles. The minimum atomic E-state index is 0.504. The average Bonchev–Trinajstić information content (AvgIpc) is 2.38. The van der Waals surface area contributed by atoms with Crippen LogP contribution in [0.5, 0.6) is 5.75 Å². The molecular weight excluding hydrogens is 236 g/mol. The topological polar surface area (TPSA) is 33.3 Å². The lowest BCUT2D eigenvalue weighted by atomic mass is 10.1. The van der Waals surface area contributed by atoms with Crippen molar-refractivity contribution in [2.45, 2.75) is 33.2 Å². The van der Waals surface area contributed by atoms with Crippen molar-refractivity contribution in [1.29, 1.82) is 0 Å². The first-order valence-electron chi connectivity index (χ1n) is 7.19. The predicted molar refractivity (Wildman–Crippen MR) is 81.9 cm³/mol. The van der Waals surface area contributed by atoms with Crippen LogP contribution in [0.25, 0.3) is 0 Å². The molecule has 0 amide bonds. The lowest BCUT2D eigenvalue weighted by Gasteiger charge is -2.15. The Morgan fingerprint density at radius 3 is 2.63 bits per heavy atom. The summed E-state index contributed by atoms with van der Waals surface area (Å²) >= 11 is 0. The molecule has 0 aliphatic heterocycles. The molecule has 0 fully saturated rings. The smallest absolute Gasteiger partial charge is 0.119 e. The first-order chi connectivity index (χ1) is 9.11. The first kappa shape index (κ1) is 16.0. The quantitative estimate of drug-likeness (QED) is 0.719. The van der Waals surface area contributed by atoms with Gasteiger partial charge in [0.2, 0.25) is 0 Å². The third-order valence-corrected chi connectivity index (χ3v) is 3.04. The van der Waals surface area contributed by atoms with Gasteiger partial charge in [0.15, 0.2) is 0 Å². The zero-order chi connectivity index (χ0) is 14.1. The summed E-state index contributed by atoms with van der Waals surface area (Å²) in [7, 11) is 1.71. The number of nitrogens with one attached hydrogen (secondary N) is 2. The molecular formula is C16H28N2O. The number of hydrogen-bond donors (Lipinski definition) is 2. The van der Waals surface area contributed by atoms with Crippen molar-refractivity contribution in [2.24, 2.45) is 5.92 Å². The predicted octanol–water partition coefficient (Wildman–Crippen LogP) is 2.46. The molecule has 0 aromatic heterocycles. The lowest BCUT2D eigenvalue weighted by molar-refractivity contribution is 0.414. The van der Waals surface area contributed by atoms with Gasteiger partial charge in [-0.25, -0.2) is 0 Å². The molecule has 1 atom stereocenters. The third-order valence-electron chi connectivity index (χ3n) is 3.04. The van der Waals surface area contributed by atoms with Gasteiger partial charge in [-0.05, 0) is 50.0 Å². The highest BCUT2D eigenvalue weighted by Gasteiger charge is 2.02. The maximum atomic E-state index is 5.23. The Morgan fingerprint density at radius 1 is 1.16 bits per heavy atom. The van der Waals surface area contributed by atoms with Gasteiger partial charge < -0.3 is 15.4 Å². The Balaban J connectivity index is 2.18. The number of hydrogen-bond acceptors (Lipinski definition) is 3. The van der Waals surface area contributed by atoms with E-state index in [2.05, 4.69) is 43.5 Å².